The van der Waals surface area contributed by atoms with Crippen LogP contribution in [0.5, 0.6) is 0 Å². The van der Waals surface area contributed by atoms with E-state index in [0.717, 1.165) is 11.3 Å². The summed E-state index contributed by atoms with van der Waals surface area (Å²) in [5.74, 6) is 0. The second-order valence-corrected chi connectivity index (χ2v) is 4.13. The lowest BCUT2D eigenvalue weighted by Gasteiger charge is -2.05. The molecule has 0 spiro atoms. The van der Waals surface area contributed by atoms with Crippen molar-refractivity contribution in [1.82, 2.24) is 0 Å². The molecule has 2 aromatic rings. The molecule has 0 bridgehead atoms. The number of rotatable bonds is 4. The van der Waals surface area contributed by atoms with E-state index in [1.807, 2.05) is 18.2 Å². The Morgan fingerprint density at radius 2 is 1.50 bits per heavy atom. The van der Waals surface area contributed by atoms with Gasteiger partial charge in [-0.3, -0.25) is 0 Å². The number of aryl methyl sites for hydroxylation is 1. The van der Waals surface area contributed by atoms with Crippen molar-refractivity contribution >= 4 is 17.8 Å². The second-order valence-electron chi connectivity index (χ2n) is 4.13. The molecule has 0 atom stereocenters. The highest BCUT2D eigenvalue weighted by Crippen LogP contribution is 2.19. The second kappa shape index (κ2) is 5.87. The molecule has 0 unspecified atom stereocenters. The van der Waals surface area contributed by atoms with E-state index in [9.17, 15) is 0 Å². The molecule has 1 N–H and O–H groups in total. The van der Waals surface area contributed by atoms with Crippen molar-refractivity contribution in [2.75, 3.05) is 5.32 Å². The molecule has 0 aromatic heterocycles. The molecule has 0 amide bonds. The fourth-order valence-electron chi connectivity index (χ4n) is 1.84. The monoisotopic (exact) mass is 235 g/mol. The summed E-state index contributed by atoms with van der Waals surface area (Å²) in [5.41, 5.74) is 4.74. The van der Waals surface area contributed by atoms with E-state index < -0.39 is 0 Å². The molecule has 2 aromatic carbocycles. The Balaban J connectivity index is 2.29. The molecule has 0 heterocycles. The summed E-state index contributed by atoms with van der Waals surface area (Å²) < 4.78 is 0. The molecule has 2 rings (SSSR count). The lowest BCUT2D eigenvalue weighted by atomic mass is 10.1. The van der Waals surface area contributed by atoms with Gasteiger partial charge in [0, 0.05) is 5.69 Å². The number of benzene rings is 2. The topological polar surface area (TPSA) is 12.0 Å². The van der Waals surface area contributed by atoms with Crippen molar-refractivity contribution in [1.29, 1.82) is 0 Å². The van der Waals surface area contributed by atoms with Gasteiger partial charge in [-0.2, -0.15) is 0 Å². The highest BCUT2D eigenvalue weighted by molar-refractivity contribution is 5.77. The van der Waals surface area contributed by atoms with Crippen LogP contribution in [0.4, 0.5) is 5.69 Å². The maximum atomic E-state index is 3.69. The standard InChI is InChI=1S/C17H17N/c1-3-18-17-11-7-6-10-16(17)13-12-15-9-5-4-8-14(15)2/h3-13,18H,1H2,2H3/b13-12-. The molecule has 1 heteroatoms. The Morgan fingerprint density at radius 3 is 2.22 bits per heavy atom. The van der Waals surface area contributed by atoms with Gasteiger partial charge in [0.2, 0.25) is 0 Å². The fraction of sp³-hybridized carbons (Fsp3) is 0.0588. The maximum absolute atomic E-state index is 3.69. The molecule has 0 radical (unpaired) electrons. The van der Waals surface area contributed by atoms with Crippen LogP contribution in [0.1, 0.15) is 16.7 Å². The van der Waals surface area contributed by atoms with Crippen LogP contribution >= 0.6 is 0 Å². The van der Waals surface area contributed by atoms with E-state index in [4.69, 9.17) is 0 Å². The summed E-state index contributed by atoms with van der Waals surface area (Å²) in [6, 6.07) is 16.5. The zero-order valence-electron chi connectivity index (χ0n) is 10.6. The lowest BCUT2D eigenvalue weighted by Crippen LogP contribution is -1.89. The molecule has 0 aliphatic carbocycles. The summed E-state index contributed by atoms with van der Waals surface area (Å²) in [5, 5.41) is 3.14. The van der Waals surface area contributed by atoms with Crippen molar-refractivity contribution < 1.29 is 0 Å². The van der Waals surface area contributed by atoms with Crippen LogP contribution in [0.3, 0.4) is 0 Å². The Bertz CT molecular complexity index is 567. The van der Waals surface area contributed by atoms with Gasteiger partial charge < -0.3 is 5.32 Å². The highest BCUT2D eigenvalue weighted by atomic mass is 14.8. The molecule has 0 saturated carbocycles. The lowest BCUT2D eigenvalue weighted by molar-refractivity contribution is 1.45. The molecular formula is C17H17N. The molecule has 0 aliphatic rings. The normalized spacial score (nSPS) is 10.5. The number of anilines is 1. The van der Waals surface area contributed by atoms with Crippen molar-refractivity contribution in [3.63, 3.8) is 0 Å². The van der Waals surface area contributed by atoms with Crippen LogP contribution < -0.4 is 5.32 Å². The van der Waals surface area contributed by atoms with Gasteiger partial charge in [0.1, 0.15) is 0 Å². The van der Waals surface area contributed by atoms with Crippen molar-refractivity contribution in [3.8, 4) is 0 Å². The molecule has 0 fully saturated rings. The third-order valence-electron chi connectivity index (χ3n) is 2.85. The minimum absolute atomic E-state index is 1.07. The minimum atomic E-state index is 1.07. The maximum Gasteiger partial charge on any atom is 0.0453 e. The molecule has 0 aliphatic heterocycles. The zero-order chi connectivity index (χ0) is 12.8. The van der Waals surface area contributed by atoms with Crippen molar-refractivity contribution in [2.24, 2.45) is 0 Å². The third-order valence-corrected chi connectivity index (χ3v) is 2.85. The first-order valence-corrected chi connectivity index (χ1v) is 6.01. The van der Waals surface area contributed by atoms with Gasteiger partial charge in [-0.15, -0.1) is 0 Å². The first-order chi connectivity index (χ1) is 8.81. The van der Waals surface area contributed by atoms with E-state index >= 15 is 0 Å². The number of hydrogen-bond acceptors (Lipinski definition) is 1. The molecule has 90 valence electrons. The van der Waals surface area contributed by atoms with Crippen molar-refractivity contribution in [3.05, 3.63) is 78.0 Å². The summed E-state index contributed by atoms with van der Waals surface area (Å²) in [4.78, 5) is 0. The van der Waals surface area contributed by atoms with Crippen molar-refractivity contribution in [2.45, 2.75) is 6.92 Å². The summed E-state index contributed by atoms with van der Waals surface area (Å²) >= 11 is 0. The number of nitrogens with one attached hydrogen (secondary N) is 1. The predicted octanol–water partition coefficient (Wildman–Crippen LogP) is 4.72. The van der Waals surface area contributed by atoms with Crippen LogP contribution in [0.25, 0.3) is 12.2 Å². The van der Waals surface area contributed by atoms with Crippen LogP contribution in [0.2, 0.25) is 0 Å². The average Bonchev–Trinajstić information content (AvgIpc) is 2.40. The number of para-hydroxylation sites is 1. The Labute approximate surface area is 108 Å². The fourth-order valence-corrected chi connectivity index (χ4v) is 1.84. The Hall–Kier alpha value is -2.28. The van der Waals surface area contributed by atoms with E-state index in [1.165, 1.54) is 11.1 Å². The molecule has 1 nitrogen and oxygen atoms in total. The summed E-state index contributed by atoms with van der Waals surface area (Å²) in [7, 11) is 0. The largest absolute Gasteiger partial charge is 0.362 e. The van der Waals surface area contributed by atoms with Crippen LogP contribution in [-0.4, -0.2) is 0 Å². The highest BCUT2D eigenvalue weighted by Gasteiger charge is 1.96. The van der Waals surface area contributed by atoms with E-state index in [2.05, 4.69) is 61.3 Å². The number of hydrogen-bond donors (Lipinski definition) is 1. The molecular weight excluding hydrogens is 218 g/mol. The predicted molar refractivity (Wildman–Crippen MR) is 80.4 cm³/mol. The van der Waals surface area contributed by atoms with Gasteiger partial charge in [-0.1, -0.05) is 61.2 Å². The zero-order valence-corrected chi connectivity index (χ0v) is 10.6. The van der Waals surface area contributed by atoms with Gasteiger partial charge in [0.25, 0.3) is 0 Å². The van der Waals surface area contributed by atoms with Gasteiger partial charge in [0.15, 0.2) is 0 Å². The average molecular weight is 235 g/mol. The quantitative estimate of drug-likeness (QED) is 0.756. The summed E-state index contributed by atoms with van der Waals surface area (Å²) in [6.45, 7) is 5.81. The van der Waals surface area contributed by atoms with Gasteiger partial charge in [0.05, 0.1) is 0 Å². The van der Waals surface area contributed by atoms with Crippen LogP contribution in [-0.2, 0) is 0 Å². The SMILES string of the molecule is C=CNc1ccccc1/C=C\c1ccccc1C. The van der Waals surface area contributed by atoms with Gasteiger partial charge >= 0.3 is 0 Å². The molecule has 18 heavy (non-hydrogen) atoms. The third kappa shape index (κ3) is 2.89. The van der Waals surface area contributed by atoms with Crippen LogP contribution in [0, 0.1) is 6.92 Å². The first-order valence-electron chi connectivity index (χ1n) is 6.01. The smallest absolute Gasteiger partial charge is 0.0453 e. The van der Waals surface area contributed by atoms with E-state index in [-0.39, 0.29) is 0 Å². The van der Waals surface area contributed by atoms with Crippen LogP contribution in [0.15, 0.2) is 61.3 Å². The molecule has 0 saturated heterocycles. The summed E-state index contributed by atoms with van der Waals surface area (Å²) in [6.07, 6.45) is 5.95. The van der Waals surface area contributed by atoms with Gasteiger partial charge in [-0.25, -0.2) is 0 Å². The minimum Gasteiger partial charge on any atom is -0.362 e. The Kier molecular flexibility index (Phi) is 3.98. The first kappa shape index (κ1) is 12.2. The van der Waals surface area contributed by atoms with E-state index in [1.54, 1.807) is 6.20 Å². The van der Waals surface area contributed by atoms with E-state index in [0.29, 0.717) is 0 Å². The van der Waals surface area contributed by atoms with Gasteiger partial charge in [-0.05, 0) is 35.9 Å². The Morgan fingerprint density at radius 1 is 0.889 bits per heavy atom.